The predicted molar refractivity (Wildman–Crippen MR) is 96.4 cm³/mol. The normalized spacial score (nSPS) is 14.1. The van der Waals surface area contributed by atoms with Crippen molar-refractivity contribution in [2.75, 3.05) is 5.33 Å². The van der Waals surface area contributed by atoms with E-state index in [4.69, 9.17) is 0 Å². The summed E-state index contributed by atoms with van der Waals surface area (Å²) >= 11 is 3.77. The fourth-order valence-electron chi connectivity index (χ4n) is 2.85. The summed E-state index contributed by atoms with van der Waals surface area (Å²) in [6.45, 7) is 6.78. The summed E-state index contributed by atoms with van der Waals surface area (Å²) in [5.74, 6) is 0.597. The molecule has 0 spiro atoms. The number of halogens is 1. The predicted octanol–water partition coefficient (Wildman–Crippen LogP) is 6.10. The molecule has 21 heavy (non-hydrogen) atoms. The Kier molecular flexibility index (Phi) is 5.64. The summed E-state index contributed by atoms with van der Waals surface area (Å²) < 4.78 is 0. The van der Waals surface area contributed by atoms with Crippen LogP contribution in [0, 0.1) is 0 Å². The molecule has 0 N–H and O–H groups in total. The van der Waals surface area contributed by atoms with Crippen LogP contribution in [-0.2, 0) is 11.8 Å². The SMILES string of the molecule is CCC(CBr)(Cc1ccc(C(C)C)cc1)c1ccccc1. The number of hydrogen-bond acceptors (Lipinski definition) is 0. The van der Waals surface area contributed by atoms with Gasteiger partial charge in [0, 0.05) is 10.7 Å². The maximum atomic E-state index is 3.77. The van der Waals surface area contributed by atoms with Crippen molar-refractivity contribution in [2.24, 2.45) is 0 Å². The highest BCUT2D eigenvalue weighted by molar-refractivity contribution is 9.09. The van der Waals surface area contributed by atoms with Gasteiger partial charge in [-0.15, -0.1) is 0 Å². The molecule has 0 saturated carbocycles. The molecule has 0 aliphatic heterocycles. The summed E-state index contributed by atoms with van der Waals surface area (Å²) in [6.07, 6.45) is 2.21. The third-order valence-electron chi connectivity index (χ3n) is 4.51. The highest BCUT2D eigenvalue weighted by Gasteiger charge is 2.29. The van der Waals surface area contributed by atoms with Gasteiger partial charge in [0.2, 0.25) is 0 Å². The van der Waals surface area contributed by atoms with E-state index >= 15 is 0 Å². The Balaban J connectivity index is 2.28. The quantitative estimate of drug-likeness (QED) is 0.555. The number of alkyl halides is 1. The molecule has 0 saturated heterocycles. The van der Waals surface area contributed by atoms with E-state index in [0.717, 1.165) is 18.2 Å². The smallest absolute Gasteiger partial charge is 0.0132 e. The van der Waals surface area contributed by atoms with Crippen LogP contribution in [0.4, 0.5) is 0 Å². The van der Waals surface area contributed by atoms with E-state index < -0.39 is 0 Å². The average Bonchev–Trinajstić information content (AvgIpc) is 2.54. The lowest BCUT2D eigenvalue weighted by molar-refractivity contribution is 0.464. The van der Waals surface area contributed by atoms with Crippen molar-refractivity contribution >= 4 is 15.9 Å². The van der Waals surface area contributed by atoms with Gasteiger partial charge >= 0.3 is 0 Å². The molecule has 1 heteroatoms. The van der Waals surface area contributed by atoms with E-state index in [1.54, 1.807) is 0 Å². The molecule has 0 bridgehead atoms. The Morgan fingerprint density at radius 3 is 2.05 bits per heavy atom. The number of hydrogen-bond donors (Lipinski definition) is 0. The molecule has 1 unspecified atom stereocenters. The molecule has 0 aliphatic carbocycles. The lowest BCUT2D eigenvalue weighted by Gasteiger charge is -2.32. The Hall–Kier alpha value is -1.08. The van der Waals surface area contributed by atoms with Crippen molar-refractivity contribution < 1.29 is 0 Å². The molecular weight excluding hydrogens is 320 g/mol. The fraction of sp³-hybridized carbons (Fsp3) is 0.400. The Labute approximate surface area is 137 Å². The van der Waals surface area contributed by atoms with Crippen LogP contribution in [0.25, 0.3) is 0 Å². The highest BCUT2D eigenvalue weighted by Crippen LogP contribution is 2.34. The van der Waals surface area contributed by atoms with E-state index in [1.807, 2.05) is 0 Å². The molecule has 0 fully saturated rings. The minimum absolute atomic E-state index is 0.181. The first-order valence-electron chi connectivity index (χ1n) is 7.81. The Morgan fingerprint density at radius 2 is 1.57 bits per heavy atom. The van der Waals surface area contributed by atoms with Gasteiger partial charge in [0.15, 0.2) is 0 Å². The van der Waals surface area contributed by atoms with Crippen LogP contribution >= 0.6 is 15.9 Å². The molecule has 0 heterocycles. The Morgan fingerprint density at radius 1 is 0.952 bits per heavy atom. The number of benzene rings is 2. The van der Waals surface area contributed by atoms with Gasteiger partial charge in [0.05, 0.1) is 0 Å². The van der Waals surface area contributed by atoms with Gasteiger partial charge in [-0.25, -0.2) is 0 Å². The molecule has 0 nitrogen and oxygen atoms in total. The maximum absolute atomic E-state index is 3.77. The molecule has 0 aliphatic rings. The van der Waals surface area contributed by atoms with Gasteiger partial charge in [-0.3, -0.25) is 0 Å². The molecule has 2 rings (SSSR count). The third kappa shape index (κ3) is 3.77. The average molecular weight is 345 g/mol. The molecule has 2 aromatic carbocycles. The monoisotopic (exact) mass is 344 g/mol. The van der Waals surface area contributed by atoms with Crippen molar-refractivity contribution in [1.82, 2.24) is 0 Å². The van der Waals surface area contributed by atoms with Crippen molar-refractivity contribution in [3.05, 3.63) is 71.3 Å². The molecule has 0 amide bonds. The van der Waals surface area contributed by atoms with Crippen LogP contribution in [0.3, 0.4) is 0 Å². The summed E-state index contributed by atoms with van der Waals surface area (Å²) in [7, 11) is 0. The first-order valence-corrected chi connectivity index (χ1v) is 8.94. The zero-order valence-electron chi connectivity index (χ0n) is 13.3. The first-order chi connectivity index (χ1) is 10.1. The van der Waals surface area contributed by atoms with Gasteiger partial charge in [0.25, 0.3) is 0 Å². The molecule has 0 radical (unpaired) electrons. The molecule has 2 aromatic rings. The lowest BCUT2D eigenvalue weighted by atomic mass is 9.75. The maximum Gasteiger partial charge on any atom is 0.0132 e. The van der Waals surface area contributed by atoms with Crippen molar-refractivity contribution in [1.29, 1.82) is 0 Å². The van der Waals surface area contributed by atoms with Crippen LogP contribution in [0.2, 0.25) is 0 Å². The van der Waals surface area contributed by atoms with Gasteiger partial charge in [0.1, 0.15) is 0 Å². The minimum Gasteiger partial charge on any atom is -0.0918 e. The summed E-state index contributed by atoms with van der Waals surface area (Å²) in [5.41, 5.74) is 4.45. The molecule has 112 valence electrons. The minimum atomic E-state index is 0.181. The van der Waals surface area contributed by atoms with Crippen LogP contribution in [0.15, 0.2) is 54.6 Å². The van der Waals surface area contributed by atoms with Crippen LogP contribution in [-0.4, -0.2) is 5.33 Å². The first kappa shape index (κ1) is 16.3. The zero-order valence-corrected chi connectivity index (χ0v) is 14.9. The lowest BCUT2D eigenvalue weighted by Crippen LogP contribution is -2.30. The van der Waals surface area contributed by atoms with Crippen molar-refractivity contribution in [2.45, 2.75) is 44.9 Å². The summed E-state index contributed by atoms with van der Waals surface area (Å²) in [5, 5.41) is 0.993. The van der Waals surface area contributed by atoms with Gasteiger partial charge in [-0.1, -0.05) is 91.3 Å². The van der Waals surface area contributed by atoms with Crippen LogP contribution in [0.1, 0.15) is 49.8 Å². The summed E-state index contributed by atoms with van der Waals surface area (Å²) in [6, 6.07) is 20.0. The van der Waals surface area contributed by atoms with E-state index in [2.05, 4.69) is 91.3 Å². The second kappa shape index (κ2) is 7.26. The Bertz CT molecular complexity index is 536. The standard InChI is InChI=1S/C20H25Br/c1-4-20(15-21,19-8-6-5-7-9-19)14-17-10-12-18(13-11-17)16(2)3/h5-13,16H,4,14-15H2,1-3H3. The summed E-state index contributed by atoms with van der Waals surface area (Å²) in [4.78, 5) is 0. The largest absolute Gasteiger partial charge is 0.0918 e. The fourth-order valence-corrected chi connectivity index (χ4v) is 3.77. The van der Waals surface area contributed by atoms with Gasteiger partial charge in [-0.2, -0.15) is 0 Å². The van der Waals surface area contributed by atoms with E-state index in [1.165, 1.54) is 16.7 Å². The van der Waals surface area contributed by atoms with Crippen LogP contribution in [0.5, 0.6) is 0 Å². The van der Waals surface area contributed by atoms with E-state index in [-0.39, 0.29) is 5.41 Å². The van der Waals surface area contributed by atoms with E-state index in [0.29, 0.717) is 5.92 Å². The van der Waals surface area contributed by atoms with Crippen molar-refractivity contribution in [3.8, 4) is 0 Å². The van der Waals surface area contributed by atoms with Crippen LogP contribution < -0.4 is 0 Å². The third-order valence-corrected chi connectivity index (χ3v) is 5.58. The highest BCUT2D eigenvalue weighted by atomic mass is 79.9. The van der Waals surface area contributed by atoms with Gasteiger partial charge in [-0.05, 0) is 35.4 Å². The topological polar surface area (TPSA) is 0 Å². The second-order valence-electron chi connectivity index (χ2n) is 6.21. The van der Waals surface area contributed by atoms with Gasteiger partial charge < -0.3 is 0 Å². The molecule has 1 atom stereocenters. The molecule has 0 aromatic heterocycles. The zero-order chi connectivity index (χ0) is 15.3. The number of rotatable bonds is 6. The second-order valence-corrected chi connectivity index (χ2v) is 6.77. The van der Waals surface area contributed by atoms with E-state index in [9.17, 15) is 0 Å². The molecular formula is C20H25Br. The van der Waals surface area contributed by atoms with Crippen molar-refractivity contribution in [3.63, 3.8) is 0 Å².